The van der Waals surface area contributed by atoms with E-state index in [1.165, 1.54) is 18.4 Å². The van der Waals surface area contributed by atoms with Crippen molar-refractivity contribution in [1.82, 2.24) is 10.6 Å². The van der Waals surface area contributed by atoms with Crippen molar-refractivity contribution in [1.29, 1.82) is 0 Å². The van der Waals surface area contributed by atoms with Crippen LogP contribution in [0.5, 0.6) is 0 Å². The van der Waals surface area contributed by atoms with Crippen LogP contribution in [0.1, 0.15) is 40.0 Å². The fourth-order valence-electron chi connectivity index (χ4n) is 2.64. The van der Waals surface area contributed by atoms with Gasteiger partial charge in [-0.3, -0.25) is 4.79 Å². The summed E-state index contributed by atoms with van der Waals surface area (Å²) in [6.45, 7) is 9.00. The highest BCUT2D eigenvalue weighted by molar-refractivity contribution is 5.75. The zero-order valence-electron chi connectivity index (χ0n) is 11.4. The number of nitrogens with one attached hydrogen (secondary N) is 2. The molecular formula is C14H26N2O. The van der Waals surface area contributed by atoms with Gasteiger partial charge in [0.05, 0.1) is 0 Å². The van der Waals surface area contributed by atoms with Crippen LogP contribution < -0.4 is 10.6 Å². The maximum Gasteiger partial charge on any atom is 0.221 e. The molecule has 0 aliphatic heterocycles. The first-order valence-corrected chi connectivity index (χ1v) is 6.76. The molecule has 2 N–H and O–H groups in total. The lowest BCUT2D eigenvalue weighted by molar-refractivity contribution is -0.120. The van der Waals surface area contributed by atoms with E-state index in [9.17, 15) is 4.79 Å². The lowest BCUT2D eigenvalue weighted by Gasteiger charge is -2.25. The Labute approximate surface area is 105 Å². The van der Waals surface area contributed by atoms with Crippen LogP contribution in [0, 0.1) is 11.8 Å². The van der Waals surface area contributed by atoms with E-state index in [0.717, 1.165) is 25.6 Å². The van der Waals surface area contributed by atoms with E-state index in [1.807, 2.05) is 6.92 Å². The van der Waals surface area contributed by atoms with Gasteiger partial charge in [-0.15, -0.1) is 0 Å². The molecule has 0 aromatic carbocycles. The molecule has 0 aromatic rings. The molecule has 2 atom stereocenters. The quantitative estimate of drug-likeness (QED) is 0.549. The van der Waals surface area contributed by atoms with Crippen molar-refractivity contribution in [3.05, 3.63) is 11.6 Å². The molecule has 3 nitrogen and oxygen atoms in total. The summed E-state index contributed by atoms with van der Waals surface area (Å²) >= 11 is 0. The summed E-state index contributed by atoms with van der Waals surface area (Å²) in [5.41, 5.74) is 1.51. The standard InChI is InChI=1S/C14H26N2O/c1-4-16-14(17)5-6-15-10-13-8-11(2)7-12(3)9-13/h7,11,13,15H,4-6,8-10H2,1-3H3,(H,16,17). The molecule has 0 fully saturated rings. The Morgan fingerprint density at radius 3 is 2.94 bits per heavy atom. The van der Waals surface area contributed by atoms with Crippen LogP contribution in [0.4, 0.5) is 0 Å². The third-order valence-corrected chi connectivity index (χ3v) is 3.22. The maximum atomic E-state index is 11.2. The molecule has 0 spiro atoms. The van der Waals surface area contributed by atoms with Crippen LogP contribution in [-0.2, 0) is 4.79 Å². The van der Waals surface area contributed by atoms with Gasteiger partial charge in [-0.1, -0.05) is 18.6 Å². The van der Waals surface area contributed by atoms with Crippen LogP contribution in [-0.4, -0.2) is 25.5 Å². The molecule has 17 heavy (non-hydrogen) atoms. The van der Waals surface area contributed by atoms with E-state index in [0.29, 0.717) is 12.3 Å². The van der Waals surface area contributed by atoms with Crippen molar-refractivity contribution in [2.24, 2.45) is 11.8 Å². The molecule has 1 aliphatic carbocycles. The van der Waals surface area contributed by atoms with Crippen LogP contribution in [0.2, 0.25) is 0 Å². The first kappa shape index (κ1) is 14.2. The van der Waals surface area contributed by atoms with Gasteiger partial charge in [-0.05, 0) is 45.1 Å². The molecular weight excluding hydrogens is 212 g/mol. The van der Waals surface area contributed by atoms with Crippen LogP contribution in [0.3, 0.4) is 0 Å². The average Bonchev–Trinajstić information content (AvgIpc) is 2.23. The minimum atomic E-state index is 0.146. The van der Waals surface area contributed by atoms with Gasteiger partial charge >= 0.3 is 0 Å². The normalized spacial score (nSPS) is 24.3. The molecule has 1 aliphatic rings. The number of rotatable bonds is 6. The Morgan fingerprint density at radius 1 is 1.53 bits per heavy atom. The lowest BCUT2D eigenvalue weighted by atomic mass is 9.84. The van der Waals surface area contributed by atoms with Gasteiger partial charge in [0.1, 0.15) is 0 Å². The van der Waals surface area contributed by atoms with Gasteiger partial charge in [-0.25, -0.2) is 0 Å². The molecule has 0 saturated carbocycles. The van der Waals surface area contributed by atoms with Crippen molar-refractivity contribution >= 4 is 5.91 Å². The van der Waals surface area contributed by atoms with Gasteiger partial charge in [0.15, 0.2) is 0 Å². The lowest BCUT2D eigenvalue weighted by Crippen LogP contribution is -2.31. The topological polar surface area (TPSA) is 41.1 Å². The van der Waals surface area contributed by atoms with Gasteiger partial charge in [-0.2, -0.15) is 0 Å². The van der Waals surface area contributed by atoms with E-state index >= 15 is 0 Å². The zero-order chi connectivity index (χ0) is 12.7. The van der Waals surface area contributed by atoms with Crippen LogP contribution in [0.15, 0.2) is 11.6 Å². The van der Waals surface area contributed by atoms with Crippen molar-refractivity contribution in [2.75, 3.05) is 19.6 Å². The molecule has 2 unspecified atom stereocenters. The van der Waals surface area contributed by atoms with E-state index in [1.54, 1.807) is 0 Å². The first-order chi connectivity index (χ1) is 8.11. The summed E-state index contributed by atoms with van der Waals surface area (Å²) in [4.78, 5) is 11.2. The molecule has 0 aromatic heterocycles. The Hall–Kier alpha value is -0.830. The number of hydrogen-bond donors (Lipinski definition) is 2. The summed E-state index contributed by atoms with van der Waals surface area (Å²) in [6, 6.07) is 0. The Bertz CT molecular complexity index is 273. The van der Waals surface area contributed by atoms with Crippen molar-refractivity contribution in [2.45, 2.75) is 40.0 Å². The van der Waals surface area contributed by atoms with E-state index < -0.39 is 0 Å². The number of amides is 1. The molecule has 3 heteroatoms. The largest absolute Gasteiger partial charge is 0.356 e. The van der Waals surface area contributed by atoms with Gasteiger partial charge in [0.2, 0.25) is 5.91 Å². The second-order valence-electron chi connectivity index (χ2n) is 5.20. The Balaban J connectivity index is 2.11. The fourth-order valence-corrected chi connectivity index (χ4v) is 2.64. The third kappa shape index (κ3) is 5.87. The summed E-state index contributed by atoms with van der Waals surface area (Å²) in [7, 11) is 0. The zero-order valence-corrected chi connectivity index (χ0v) is 11.4. The molecule has 0 bridgehead atoms. The SMILES string of the molecule is CCNC(=O)CCNCC1CC(C)=CC(C)C1. The Kier molecular flexibility index (Phi) is 6.27. The predicted octanol–water partition coefficient (Wildman–Crippen LogP) is 2.09. The first-order valence-electron chi connectivity index (χ1n) is 6.76. The van der Waals surface area contributed by atoms with E-state index in [2.05, 4.69) is 30.6 Å². The molecule has 0 radical (unpaired) electrons. The number of carbonyl (C=O) groups is 1. The molecule has 0 heterocycles. The number of allylic oxidation sites excluding steroid dienone is 2. The van der Waals surface area contributed by atoms with E-state index in [-0.39, 0.29) is 5.91 Å². The predicted molar refractivity (Wildman–Crippen MR) is 71.8 cm³/mol. The minimum absolute atomic E-state index is 0.146. The smallest absolute Gasteiger partial charge is 0.221 e. The van der Waals surface area contributed by atoms with Crippen LogP contribution >= 0.6 is 0 Å². The van der Waals surface area contributed by atoms with Crippen molar-refractivity contribution in [3.63, 3.8) is 0 Å². The highest BCUT2D eigenvalue weighted by atomic mass is 16.1. The van der Waals surface area contributed by atoms with Gasteiger partial charge in [0, 0.05) is 19.5 Å². The van der Waals surface area contributed by atoms with Gasteiger partial charge < -0.3 is 10.6 Å². The molecule has 1 amide bonds. The summed E-state index contributed by atoms with van der Waals surface area (Å²) < 4.78 is 0. The van der Waals surface area contributed by atoms with Gasteiger partial charge in [0.25, 0.3) is 0 Å². The average molecular weight is 238 g/mol. The summed E-state index contributed by atoms with van der Waals surface area (Å²) in [5.74, 6) is 1.59. The Morgan fingerprint density at radius 2 is 2.29 bits per heavy atom. The second-order valence-corrected chi connectivity index (χ2v) is 5.20. The summed E-state index contributed by atoms with van der Waals surface area (Å²) in [6.07, 6.45) is 5.44. The summed E-state index contributed by atoms with van der Waals surface area (Å²) in [5, 5.41) is 6.21. The molecule has 0 saturated heterocycles. The fraction of sp³-hybridized carbons (Fsp3) is 0.786. The minimum Gasteiger partial charge on any atom is -0.356 e. The second kappa shape index (κ2) is 7.49. The molecule has 98 valence electrons. The third-order valence-electron chi connectivity index (χ3n) is 3.22. The van der Waals surface area contributed by atoms with E-state index in [4.69, 9.17) is 0 Å². The number of hydrogen-bond acceptors (Lipinski definition) is 2. The van der Waals surface area contributed by atoms with Crippen molar-refractivity contribution < 1.29 is 4.79 Å². The maximum absolute atomic E-state index is 11.2. The number of carbonyl (C=O) groups excluding carboxylic acids is 1. The van der Waals surface area contributed by atoms with Crippen LogP contribution in [0.25, 0.3) is 0 Å². The highest BCUT2D eigenvalue weighted by Crippen LogP contribution is 2.27. The van der Waals surface area contributed by atoms with Crippen molar-refractivity contribution in [3.8, 4) is 0 Å². The highest BCUT2D eigenvalue weighted by Gasteiger charge is 2.17. The monoisotopic (exact) mass is 238 g/mol. The molecule has 1 rings (SSSR count).